The van der Waals surface area contributed by atoms with Crippen LogP contribution in [-0.4, -0.2) is 37.3 Å². The van der Waals surface area contributed by atoms with Gasteiger partial charge in [-0.15, -0.1) is 0 Å². The molecule has 1 aliphatic heterocycles. The molecule has 0 N–H and O–H groups in total. The van der Waals surface area contributed by atoms with Gasteiger partial charge in [-0.05, 0) is 24.3 Å². The van der Waals surface area contributed by atoms with Crippen molar-refractivity contribution in [2.75, 3.05) is 31.2 Å². The van der Waals surface area contributed by atoms with E-state index in [1.165, 1.54) is 0 Å². The van der Waals surface area contributed by atoms with Gasteiger partial charge < -0.3 is 13.8 Å². The molecule has 2 heterocycles. The molecule has 0 radical (unpaired) electrons. The zero-order valence-corrected chi connectivity index (χ0v) is 12.8. The zero-order chi connectivity index (χ0) is 15.2. The van der Waals surface area contributed by atoms with Crippen molar-refractivity contribution < 1.29 is 13.7 Å². The van der Waals surface area contributed by atoms with E-state index in [-0.39, 0.29) is 5.97 Å². The number of anilines is 1. The van der Waals surface area contributed by atoms with Gasteiger partial charge in [-0.1, -0.05) is 18.2 Å². The third-order valence-corrected chi connectivity index (χ3v) is 3.96. The average Bonchev–Trinajstić information content (AvgIpc) is 2.61. The topological polar surface area (TPSA) is 51.7 Å². The van der Waals surface area contributed by atoms with Crippen molar-refractivity contribution in [1.82, 2.24) is 4.98 Å². The number of hydrogen-bond donors (Lipinski definition) is 0. The average molecular weight is 316 g/mol. The fourth-order valence-corrected chi connectivity index (χ4v) is 2.66. The van der Waals surface area contributed by atoms with Crippen LogP contribution in [-0.2, 0) is 8.92 Å². The summed E-state index contributed by atoms with van der Waals surface area (Å²) in [7, 11) is 0. The van der Waals surface area contributed by atoms with Crippen LogP contribution in [0.5, 0.6) is 0 Å². The van der Waals surface area contributed by atoms with Crippen LogP contribution in [0.1, 0.15) is 10.4 Å². The highest BCUT2D eigenvalue weighted by Gasteiger charge is 2.14. The van der Waals surface area contributed by atoms with Crippen molar-refractivity contribution in [3.8, 4) is 0 Å². The molecule has 6 heteroatoms. The van der Waals surface area contributed by atoms with Gasteiger partial charge >= 0.3 is 5.97 Å². The monoisotopic (exact) mass is 316 g/mol. The lowest BCUT2D eigenvalue weighted by molar-refractivity contribution is 0.0768. The van der Waals surface area contributed by atoms with E-state index in [1.54, 1.807) is 18.3 Å². The first-order chi connectivity index (χ1) is 10.8. The Morgan fingerprint density at radius 2 is 1.95 bits per heavy atom. The Bertz CT molecular complexity index is 630. The van der Waals surface area contributed by atoms with Crippen LogP contribution >= 0.6 is 12.0 Å². The van der Waals surface area contributed by atoms with Crippen molar-refractivity contribution in [2.24, 2.45) is 0 Å². The highest BCUT2D eigenvalue weighted by atomic mass is 32.2. The molecule has 22 heavy (non-hydrogen) atoms. The molecular weight excluding hydrogens is 300 g/mol. The Morgan fingerprint density at radius 1 is 1.18 bits per heavy atom. The summed E-state index contributed by atoms with van der Waals surface area (Å²) in [6.07, 6.45) is 1.73. The van der Waals surface area contributed by atoms with Gasteiger partial charge in [0.1, 0.15) is 5.82 Å². The van der Waals surface area contributed by atoms with Crippen LogP contribution in [0.15, 0.2) is 53.6 Å². The van der Waals surface area contributed by atoms with E-state index in [4.69, 9.17) is 8.92 Å². The number of carbonyl (C=O) groups is 1. The van der Waals surface area contributed by atoms with Gasteiger partial charge in [-0.3, -0.25) is 0 Å². The maximum Gasteiger partial charge on any atom is 0.350 e. The summed E-state index contributed by atoms with van der Waals surface area (Å²) >= 11 is 1.05. The van der Waals surface area contributed by atoms with Crippen molar-refractivity contribution in [3.05, 3.63) is 54.2 Å². The summed E-state index contributed by atoms with van der Waals surface area (Å²) in [5.41, 5.74) is 0.539. The van der Waals surface area contributed by atoms with E-state index in [0.29, 0.717) is 18.8 Å². The molecule has 0 aliphatic carbocycles. The predicted octanol–water partition coefficient (Wildman–Crippen LogP) is 2.78. The van der Waals surface area contributed by atoms with Gasteiger partial charge in [0.15, 0.2) is 0 Å². The lowest BCUT2D eigenvalue weighted by atomic mass is 10.2. The van der Waals surface area contributed by atoms with Crippen molar-refractivity contribution >= 4 is 23.8 Å². The van der Waals surface area contributed by atoms with E-state index in [0.717, 1.165) is 35.8 Å². The third-order valence-electron chi connectivity index (χ3n) is 3.28. The van der Waals surface area contributed by atoms with E-state index in [1.807, 2.05) is 30.3 Å². The van der Waals surface area contributed by atoms with Crippen LogP contribution in [0, 0.1) is 0 Å². The lowest BCUT2D eigenvalue weighted by Crippen LogP contribution is -2.36. The van der Waals surface area contributed by atoms with Crippen molar-refractivity contribution in [1.29, 1.82) is 0 Å². The first kappa shape index (κ1) is 14.9. The molecule has 114 valence electrons. The minimum Gasteiger partial charge on any atom is -0.382 e. The second-order valence-corrected chi connectivity index (χ2v) is 5.57. The summed E-state index contributed by atoms with van der Waals surface area (Å²) in [5, 5.41) is 0. The molecular formula is C16H16N2O3S. The maximum absolute atomic E-state index is 11.9. The number of rotatable bonds is 4. The molecule has 1 saturated heterocycles. The molecule has 0 unspecified atom stereocenters. The summed E-state index contributed by atoms with van der Waals surface area (Å²) in [6.45, 7) is 3.07. The highest BCUT2D eigenvalue weighted by Crippen LogP contribution is 2.24. The number of morpholine rings is 1. The molecule has 1 aromatic heterocycles. The van der Waals surface area contributed by atoms with Crippen LogP contribution in [0.2, 0.25) is 0 Å². The van der Waals surface area contributed by atoms with Crippen molar-refractivity contribution in [3.63, 3.8) is 0 Å². The minimum absolute atomic E-state index is 0.352. The molecule has 0 atom stereocenters. The highest BCUT2D eigenvalue weighted by molar-refractivity contribution is 7.95. The summed E-state index contributed by atoms with van der Waals surface area (Å²) in [5.74, 6) is 0.527. The normalized spacial score (nSPS) is 14.6. The number of carbonyl (C=O) groups excluding carboxylic acids is 1. The molecule has 1 aliphatic rings. The fourth-order valence-electron chi connectivity index (χ4n) is 2.13. The number of hydrogen-bond acceptors (Lipinski definition) is 6. The summed E-state index contributed by atoms with van der Waals surface area (Å²) in [6, 6.07) is 12.7. The van der Waals surface area contributed by atoms with Gasteiger partial charge in [-0.2, -0.15) is 0 Å². The number of benzene rings is 1. The molecule has 1 aromatic carbocycles. The van der Waals surface area contributed by atoms with Crippen LogP contribution in [0.4, 0.5) is 5.82 Å². The number of pyridine rings is 1. The van der Waals surface area contributed by atoms with Crippen LogP contribution in [0.25, 0.3) is 0 Å². The Hall–Kier alpha value is -2.05. The molecule has 0 amide bonds. The second kappa shape index (κ2) is 7.29. The van der Waals surface area contributed by atoms with Crippen molar-refractivity contribution in [2.45, 2.75) is 4.90 Å². The van der Waals surface area contributed by atoms with E-state index in [9.17, 15) is 4.79 Å². The number of nitrogens with zero attached hydrogens (tertiary/aromatic N) is 2. The third kappa shape index (κ3) is 3.78. The number of aromatic nitrogens is 1. The van der Waals surface area contributed by atoms with Gasteiger partial charge in [0, 0.05) is 19.3 Å². The largest absolute Gasteiger partial charge is 0.382 e. The molecule has 5 nitrogen and oxygen atoms in total. The molecule has 0 saturated carbocycles. The van der Waals surface area contributed by atoms with Gasteiger partial charge in [0.05, 0.1) is 35.7 Å². The van der Waals surface area contributed by atoms with Crippen LogP contribution in [0.3, 0.4) is 0 Å². The second-order valence-electron chi connectivity index (χ2n) is 4.77. The Morgan fingerprint density at radius 3 is 2.73 bits per heavy atom. The molecule has 3 rings (SSSR count). The SMILES string of the molecule is O=C(OSc1ccnc(N2CCOCC2)c1)c1ccccc1. The van der Waals surface area contributed by atoms with E-state index in [2.05, 4.69) is 9.88 Å². The van der Waals surface area contributed by atoms with Gasteiger partial charge in [0.25, 0.3) is 0 Å². The van der Waals surface area contributed by atoms with Crippen LogP contribution < -0.4 is 4.90 Å². The first-order valence-corrected chi connectivity index (χ1v) is 7.80. The molecule has 0 bridgehead atoms. The van der Waals surface area contributed by atoms with E-state index >= 15 is 0 Å². The summed E-state index contributed by atoms with van der Waals surface area (Å²) in [4.78, 5) is 19.3. The fraction of sp³-hybridized carbons (Fsp3) is 0.250. The Labute approximate surface area is 133 Å². The molecule has 2 aromatic rings. The lowest BCUT2D eigenvalue weighted by Gasteiger charge is -2.27. The predicted molar refractivity (Wildman–Crippen MR) is 85.0 cm³/mol. The minimum atomic E-state index is -0.352. The number of ether oxygens (including phenoxy) is 1. The molecule has 1 fully saturated rings. The summed E-state index contributed by atoms with van der Waals surface area (Å²) < 4.78 is 10.6. The smallest absolute Gasteiger partial charge is 0.350 e. The maximum atomic E-state index is 11.9. The standard InChI is InChI=1S/C16H16N2O3S/c19-16(13-4-2-1-3-5-13)21-22-14-6-7-17-15(12-14)18-8-10-20-11-9-18/h1-7,12H,8-11H2. The quantitative estimate of drug-likeness (QED) is 0.809. The van der Waals surface area contributed by atoms with E-state index < -0.39 is 0 Å². The Balaban J connectivity index is 1.62. The molecule has 0 spiro atoms. The Kier molecular flexibility index (Phi) is 4.92. The first-order valence-electron chi connectivity index (χ1n) is 7.05. The van der Waals surface area contributed by atoms with Gasteiger partial charge in [0.2, 0.25) is 0 Å². The van der Waals surface area contributed by atoms with Gasteiger partial charge in [-0.25, -0.2) is 9.78 Å². The zero-order valence-electron chi connectivity index (χ0n) is 12.0.